The van der Waals surface area contributed by atoms with Gasteiger partial charge in [0.1, 0.15) is 0 Å². The van der Waals surface area contributed by atoms with E-state index in [1.54, 1.807) is 0 Å². The summed E-state index contributed by atoms with van der Waals surface area (Å²) in [5, 5.41) is 2.64. The van der Waals surface area contributed by atoms with Crippen LogP contribution in [0.2, 0.25) is 0 Å². The van der Waals surface area contributed by atoms with Crippen LogP contribution in [0.3, 0.4) is 0 Å². The van der Waals surface area contributed by atoms with Crippen molar-refractivity contribution in [1.82, 2.24) is 5.32 Å². The molecule has 2 heteroatoms. The third-order valence-electron chi connectivity index (χ3n) is 1.65. The van der Waals surface area contributed by atoms with E-state index >= 15 is 0 Å². The van der Waals surface area contributed by atoms with Crippen molar-refractivity contribution in [3.8, 4) is 0 Å². The molecule has 0 rings (SSSR count). The molecule has 0 heterocycles. The molecule has 2 nitrogen and oxygen atoms in total. The number of allylic oxidation sites excluding steroid dienone is 3. The third-order valence-corrected chi connectivity index (χ3v) is 1.65. The van der Waals surface area contributed by atoms with Gasteiger partial charge in [-0.2, -0.15) is 0 Å². The van der Waals surface area contributed by atoms with Crippen LogP contribution < -0.4 is 5.32 Å². The molecule has 0 unspecified atom stereocenters. The fourth-order valence-electron chi connectivity index (χ4n) is 0.902. The van der Waals surface area contributed by atoms with E-state index in [4.69, 9.17) is 0 Å². The van der Waals surface area contributed by atoms with Crippen LogP contribution in [0.4, 0.5) is 0 Å². The summed E-state index contributed by atoms with van der Waals surface area (Å²) in [6.45, 7) is 4.85. The molecule has 0 aliphatic carbocycles. The highest BCUT2D eigenvalue weighted by Gasteiger charge is 1.91. The zero-order valence-corrected chi connectivity index (χ0v) is 7.84. The van der Waals surface area contributed by atoms with Gasteiger partial charge in [0, 0.05) is 6.54 Å². The molecule has 0 spiro atoms. The summed E-state index contributed by atoms with van der Waals surface area (Å²) in [6, 6.07) is 0. The van der Waals surface area contributed by atoms with Gasteiger partial charge in [0.15, 0.2) is 0 Å². The molecule has 0 radical (unpaired) electrons. The van der Waals surface area contributed by atoms with E-state index in [0.29, 0.717) is 0 Å². The predicted octanol–water partition coefficient (Wildman–Crippen LogP) is 2.04. The second kappa shape index (κ2) is 8.05. The Balaban J connectivity index is 3.73. The van der Waals surface area contributed by atoms with Crippen LogP contribution in [0, 0.1) is 0 Å². The van der Waals surface area contributed by atoms with Crippen LogP contribution in [-0.2, 0) is 4.79 Å². The van der Waals surface area contributed by atoms with Crippen LogP contribution in [0.5, 0.6) is 0 Å². The molecule has 0 aromatic heterocycles. The van der Waals surface area contributed by atoms with Crippen molar-refractivity contribution in [3.05, 3.63) is 23.8 Å². The first-order chi connectivity index (χ1) is 5.85. The molecule has 0 aliphatic heterocycles. The van der Waals surface area contributed by atoms with Crippen LogP contribution in [0.1, 0.15) is 26.7 Å². The summed E-state index contributed by atoms with van der Waals surface area (Å²) in [5.41, 5.74) is 1.36. The Hall–Kier alpha value is -1.05. The maximum Gasteiger partial charge on any atom is 0.207 e. The normalized spacial score (nSPS) is 12.0. The van der Waals surface area contributed by atoms with E-state index in [1.807, 2.05) is 19.1 Å². The molecule has 0 saturated heterocycles. The van der Waals surface area contributed by atoms with Crippen molar-refractivity contribution in [2.45, 2.75) is 26.7 Å². The highest BCUT2D eigenvalue weighted by Crippen LogP contribution is 2.04. The monoisotopic (exact) mass is 167 g/mol. The third kappa shape index (κ3) is 5.71. The molecule has 0 aromatic rings. The first kappa shape index (κ1) is 11.0. The van der Waals surface area contributed by atoms with Crippen molar-refractivity contribution in [2.24, 2.45) is 0 Å². The SMILES string of the molecule is C/C=C\C=C(/CC)CCNC=O. The van der Waals surface area contributed by atoms with Gasteiger partial charge in [0.05, 0.1) is 0 Å². The molecule has 0 atom stereocenters. The first-order valence-electron chi connectivity index (χ1n) is 4.32. The summed E-state index contributed by atoms with van der Waals surface area (Å²) in [5.74, 6) is 0. The maximum absolute atomic E-state index is 9.94. The second-order valence-corrected chi connectivity index (χ2v) is 2.53. The Labute approximate surface area is 74.4 Å². The molecule has 0 saturated carbocycles. The second-order valence-electron chi connectivity index (χ2n) is 2.53. The fourth-order valence-corrected chi connectivity index (χ4v) is 0.902. The molecule has 68 valence electrons. The molecule has 1 N–H and O–H groups in total. The van der Waals surface area contributed by atoms with Crippen LogP contribution in [0.15, 0.2) is 23.8 Å². The molecule has 0 bridgehead atoms. The number of hydrogen-bond acceptors (Lipinski definition) is 1. The van der Waals surface area contributed by atoms with E-state index in [1.165, 1.54) is 5.57 Å². The van der Waals surface area contributed by atoms with E-state index in [9.17, 15) is 4.79 Å². The first-order valence-corrected chi connectivity index (χ1v) is 4.32. The van der Waals surface area contributed by atoms with Crippen LogP contribution in [0.25, 0.3) is 0 Å². The molecule has 0 aliphatic rings. The number of carbonyl (C=O) groups is 1. The van der Waals surface area contributed by atoms with Crippen molar-refractivity contribution < 1.29 is 4.79 Å². The maximum atomic E-state index is 9.94. The minimum absolute atomic E-state index is 0.737. The Morgan fingerprint density at radius 2 is 2.25 bits per heavy atom. The summed E-state index contributed by atoms with van der Waals surface area (Å²) >= 11 is 0. The molecule has 0 fully saturated rings. The Kier molecular flexibility index (Phi) is 7.35. The Morgan fingerprint density at radius 3 is 2.75 bits per heavy atom. The molecule has 12 heavy (non-hydrogen) atoms. The van der Waals surface area contributed by atoms with Crippen molar-refractivity contribution in [2.75, 3.05) is 6.54 Å². The summed E-state index contributed by atoms with van der Waals surface area (Å²) in [4.78, 5) is 9.94. The lowest BCUT2D eigenvalue weighted by Gasteiger charge is -2.01. The van der Waals surface area contributed by atoms with Gasteiger partial charge >= 0.3 is 0 Å². The van der Waals surface area contributed by atoms with Gasteiger partial charge in [-0.05, 0) is 19.8 Å². The van der Waals surface area contributed by atoms with Crippen LogP contribution in [-0.4, -0.2) is 13.0 Å². The van der Waals surface area contributed by atoms with Gasteiger partial charge in [-0.15, -0.1) is 0 Å². The molecular weight excluding hydrogens is 150 g/mol. The summed E-state index contributed by atoms with van der Waals surface area (Å²) < 4.78 is 0. The fraction of sp³-hybridized carbons (Fsp3) is 0.500. The average Bonchev–Trinajstić information content (AvgIpc) is 2.11. The minimum atomic E-state index is 0.737. The lowest BCUT2D eigenvalue weighted by atomic mass is 10.1. The lowest BCUT2D eigenvalue weighted by molar-refractivity contribution is -0.109. The topological polar surface area (TPSA) is 29.1 Å². The van der Waals surface area contributed by atoms with Gasteiger partial charge < -0.3 is 5.32 Å². The summed E-state index contributed by atoms with van der Waals surface area (Å²) in [7, 11) is 0. The Morgan fingerprint density at radius 1 is 1.50 bits per heavy atom. The minimum Gasteiger partial charge on any atom is -0.358 e. The van der Waals surface area contributed by atoms with Gasteiger partial charge in [0.25, 0.3) is 0 Å². The van der Waals surface area contributed by atoms with E-state index in [0.717, 1.165) is 25.8 Å². The highest BCUT2D eigenvalue weighted by molar-refractivity contribution is 5.45. The number of amides is 1. The highest BCUT2D eigenvalue weighted by atomic mass is 16.1. The van der Waals surface area contributed by atoms with E-state index in [2.05, 4.69) is 18.3 Å². The lowest BCUT2D eigenvalue weighted by Crippen LogP contribution is -2.12. The van der Waals surface area contributed by atoms with Crippen LogP contribution >= 0.6 is 0 Å². The number of rotatable bonds is 6. The van der Waals surface area contributed by atoms with Gasteiger partial charge in [-0.1, -0.05) is 30.7 Å². The predicted molar refractivity (Wildman–Crippen MR) is 51.9 cm³/mol. The van der Waals surface area contributed by atoms with Crippen molar-refractivity contribution >= 4 is 6.41 Å². The molecule has 0 aromatic carbocycles. The zero-order valence-electron chi connectivity index (χ0n) is 7.84. The molecular formula is C10H17NO. The van der Waals surface area contributed by atoms with Gasteiger partial charge in [-0.3, -0.25) is 4.79 Å². The largest absolute Gasteiger partial charge is 0.358 e. The average molecular weight is 167 g/mol. The standard InChI is InChI=1S/C10H17NO/c1-3-5-6-10(4-2)7-8-11-9-12/h3,5-6,9H,4,7-8H2,1-2H3,(H,11,12)/b5-3-,10-6+. The van der Waals surface area contributed by atoms with E-state index in [-0.39, 0.29) is 0 Å². The summed E-state index contributed by atoms with van der Waals surface area (Å²) in [6.07, 6.45) is 8.86. The quantitative estimate of drug-likeness (QED) is 0.366. The van der Waals surface area contributed by atoms with Crippen molar-refractivity contribution in [1.29, 1.82) is 0 Å². The number of carbonyl (C=O) groups excluding carboxylic acids is 1. The smallest absolute Gasteiger partial charge is 0.207 e. The Bertz CT molecular complexity index is 171. The van der Waals surface area contributed by atoms with Crippen molar-refractivity contribution in [3.63, 3.8) is 0 Å². The van der Waals surface area contributed by atoms with Gasteiger partial charge in [0.2, 0.25) is 6.41 Å². The van der Waals surface area contributed by atoms with Gasteiger partial charge in [-0.25, -0.2) is 0 Å². The number of hydrogen-bond donors (Lipinski definition) is 1. The molecule has 1 amide bonds. The van der Waals surface area contributed by atoms with E-state index < -0.39 is 0 Å². The number of nitrogens with one attached hydrogen (secondary N) is 1. The zero-order chi connectivity index (χ0) is 9.23.